The van der Waals surface area contributed by atoms with Gasteiger partial charge in [0.05, 0.1) is 4.83 Å². The molecule has 0 aliphatic carbocycles. The Morgan fingerprint density at radius 2 is 1.37 bits per heavy atom. The van der Waals surface area contributed by atoms with Crippen LogP contribution in [0.4, 0.5) is 22.0 Å². The molecular formula is C13H6BrF5. The number of hydrogen-bond donors (Lipinski definition) is 0. The van der Waals surface area contributed by atoms with Gasteiger partial charge in [0.25, 0.3) is 0 Å². The van der Waals surface area contributed by atoms with Crippen molar-refractivity contribution in [3.8, 4) is 0 Å². The maximum atomic E-state index is 13.6. The molecule has 0 nitrogen and oxygen atoms in total. The maximum absolute atomic E-state index is 13.6. The van der Waals surface area contributed by atoms with Crippen LogP contribution in [-0.2, 0) is 0 Å². The molecule has 6 heteroatoms. The van der Waals surface area contributed by atoms with Crippen molar-refractivity contribution >= 4 is 15.9 Å². The topological polar surface area (TPSA) is 0 Å². The number of benzene rings is 2. The highest BCUT2D eigenvalue weighted by molar-refractivity contribution is 9.09. The van der Waals surface area contributed by atoms with E-state index in [0.29, 0.717) is 6.07 Å². The first-order valence-electron chi connectivity index (χ1n) is 5.14. The Labute approximate surface area is 114 Å². The Hall–Kier alpha value is -1.43. The average molecular weight is 337 g/mol. The van der Waals surface area contributed by atoms with E-state index in [1.54, 1.807) is 0 Å². The second-order valence-corrected chi connectivity index (χ2v) is 4.71. The zero-order valence-electron chi connectivity index (χ0n) is 9.23. The molecule has 0 aromatic heterocycles. The number of halogens is 6. The fourth-order valence-corrected chi connectivity index (χ4v) is 2.34. The first-order valence-corrected chi connectivity index (χ1v) is 6.05. The fourth-order valence-electron chi connectivity index (χ4n) is 1.61. The van der Waals surface area contributed by atoms with Crippen molar-refractivity contribution in [2.75, 3.05) is 0 Å². The van der Waals surface area contributed by atoms with E-state index in [0.717, 1.165) is 24.3 Å². The summed E-state index contributed by atoms with van der Waals surface area (Å²) >= 11 is 2.99. The van der Waals surface area contributed by atoms with Crippen LogP contribution in [0.15, 0.2) is 30.3 Å². The molecule has 1 unspecified atom stereocenters. The zero-order valence-corrected chi connectivity index (χ0v) is 10.8. The summed E-state index contributed by atoms with van der Waals surface area (Å²) in [5, 5.41) is 0. The third kappa shape index (κ3) is 2.63. The molecule has 1 atom stereocenters. The maximum Gasteiger partial charge on any atom is 0.194 e. The zero-order chi connectivity index (χ0) is 14.2. The molecule has 0 saturated carbocycles. The summed E-state index contributed by atoms with van der Waals surface area (Å²) in [7, 11) is 0. The van der Waals surface area contributed by atoms with E-state index in [4.69, 9.17) is 0 Å². The van der Waals surface area contributed by atoms with Crippen LogP contribution in [0.1, 0.15) is 16.0 Å². The van der Waals surface area contributed by atoms with E-state index in [9.17, 15) is 22.0 Å². The Morgan fingerprint density at radius 3 is 2.00 bits per heavy atom. The first-order chi connectivity index (χ1) is 8.91. The summed E-state index contributed by atoms with van der Waals surface area (Å²) in [4.78, 5) is -1.05. The third-order valence-electron chi connectivity index (χ3n) is 2.57. The largest absolute Gasteiger partial charge is 0.207 e. The SMILES string of the molecule is Fc1ccc(C(Br)c2ccc(F)c(F)c2F)c(F)c1. The van der Waals surface area contributed by atoms with Gasteiger partial charge in [-0.1, -0.05) is 28.1 Å². The Balaban J connectivity index is 2.50. The predicted molar refractivity (Wildman–Crippen MR) is 63.4 cm³/mol. The van der Waals surface area contributed by atoms with Crippen molar-refractivity contribution in [2.24, 2.45) is 0 Å². The molecule has 0 aliphatic heterocycles. The van der Waals surface area contributed by atoms with E-state index < -0.39 is 33.9 Å². The second kappa shape index (κ2) is 5.28. The van der Waals surface area contributed by atoms with Crippen molar-refractivity contribution in [3.63, 3.8) is 0 Å². The average Bonchev–Trinajstić information content (AvgIpc) is 2.35. The Kier molecular flexibility index (Phi) is 3.89. The molecule has 0 spiro atoms. The van der Waals surface area contributed by atoms with Gasteiger partial charge in [-0.3, -0.25) is 0 Å². The van der Waals surface area contributed by atoms with Crippen LogP contribution in [0, 0.1) is 29.1 Å². The van der Waals surface area contributed by atoms with E-state index in [2.05, 4.69) is 15.9 Å². The molecule has 0 amide bonds. The molecule has 0 saturated heterocycles. The van der Waals surface area contributed by atoms with Crippen LogP contribution in [0.2, 0.25) is 0 Å². The van der Waals surface area contributed by atoms with Gasteiger partial charge >= 0.3 is 0 Å². The lowest BCUT2D eigenvalue weighted by Crippen LogP contribution is -2.03. The third-order valence-corrected chi connectivity index (χ3v) is 3.56. The highest BCUT2D eigenvalue weighted by Crippen LogP contribution is 2.35. The molecule has 0 heterocycles. The minimum Gasteiger partial charge on any atom is -0.207 e. The minimum absolute atomic E-state index is 0.0775. The monoisotopic (exact) mass is 336 g/mol. The summed E-state index contributed by atoms with van der Waals surface area (Å²) in [5.74, 6) is -6.08. The fraction of sp³-hybridized carbons (Fsp3) is 0.0769. The molecule has 2 aromatic carbocycles. The molecule has 0 bridgehead atoms. The molecule has 2 rings (SSSR count). The van der Waals surface area contributed by atoms with Crippen LogP contribution in [0.3, 0.4) is 0 Å². The number of rotatable bonds is 2. The number of alkyl halides is 1. The van der Waals surface area contributed by atoms with E-state index in [1.807, 2.05) is 0 Å². The summed E-state index contributed by atoms with van der Waals surface area (Å²) < 4.78 is 65.8. The van der Waals surface area contributed by atoms with Gasteiger partial charge in [0, 0.05) is 17.2 Å². The van der Waals surface area contributed by atoms with E-state index in [-0.39, 0.29) is 11.1 Å². The molecular weight excluding hydrogens is 331 g/mol. The van der Waals surface area contributed by atoms with Crippen LogP contribution >= 0.6 is 15.9 Å². The van der Waals surface area contributed by atoms with Crippen molar-refractivity contribution in [2.45, 2.75) is 4.83 Å². The van der Waals surface area contributed by atoms with E-state index in [1.165, 1.54) is 0 Å². The molecule has 100 valence electrons. The molecule has 19 heavy (non-hydrogen) atoms. The summed E-state index contributed by atoms with van der Waals surface area (Å²) in [6.45, 7) is 0. The Bertz CT molecular complexity index is 627. The van der Waals surface area contributed by atoms with Gasteiger partial charge in [0.15, 0.2) is 17.5 Å². The highest BCUT2D eigenvalue weighted by Gasteiger charge is 2.22. The van der Waals surface area contributed by atoms with Gasteiger partial charge in [-0.05, 0) is 12.1 Å². The lowest BCUT2D eigenvalue weighted by Gasteiger charge is -2.13. The second-order valence-electron chi connectivity index (χ2n) is 3.79. The smallest absolute Gasteiger partial charge is 0.194 e. The summed E-state index contributed by atoms with van der Waals surface area (Å²) in [5.41, 5.74) is -0.351. The highest BCUT2D eigenvalue weighted by atomic mass is 79.9. The minimum atomic E-state index is -1.63. The van der Waals surface area contributed by atoms with Crippen LogP contribution in [0.5, 0.6) is 0 Å². The van der Waals surface area contributed by atoms with Crippen LogP contribution in [0.25, 0.3) is 0 Å². The van der Waals surface area contributed by atoms with Crippen LogP contribution in [-0.4, -0.2) is 0 Å². The lowest BCUT2D eigenvalue weighted by atomic mass is 10.0. The molecule has 0 N–H and O–H groups in total. The predicted octanol–water partition coefficient (Wildman–Crippen LogP) is 4.87. The normalized spacial score (nSPS) is 12.5. The molecule has 2 aromatic rings. The summed E-state index contributed by atoms with van der Waals surface area (Å²) in [6, 6.07) is 4.45. The van der Waals surface area contributed by atoms with Gasteiger partial charge in [0.2, 0.25) is 0 Å². The van der Waals surface area contributed by atoms with Gasteiger partial charge in [-0.2, -0.15) is 0 Å². The standard InChI is InChI=1S/C13H6BrF5/c14-11(7-2-1-6(15)5-10(7)17)8-3-4-9(16)13(19)12(8)18/h1-5,11H. The molecule has 0 aliphatic rings. The van der Waals surface area contributed by atoms with Crippen molar-refractivity contribution in [3.05, 3.63) is 70.5 Å². The lowest BCUT2D eigenvalue weighted by molar-refractivity contribution is 0.441. The van der Waals surface area contributed by atoms with Crippen LogP contribution < -0.4 is 0 Å². The molecule has 0 fully saturated rings. The Morgan fingerprint density at radius 1 is 0.737 bits per heavy atom. The van der Waals surface area contributed by atoms with Crippen molar-refractivity contribution in [1.29, 1.82) is 0 Å². The van der Waals surface area contributed by atoms with Gasteiger partial charge in [0.1, 0.15) is 11.6 Å². The van der Waals surface area contributed by atoms with Crippen molar-refractivity contribution in [1.82, 2.24) is 0 Å². The first kappa shape index (κ1) is 14.0. The van der Waals surface area contributed by atoms with Gasteiger partial charge in [-0.15, -0.1) is 0 Å². The van der Waals surface area contributed by atoms with E-state index >= 15 is 0 Å². The quantitative estimate of drug-likeness (QED) is 0.417. The van der Waals surface area contributed by atoms with Gasteiger partial charge < -0.3 is 0 Å². The summed E-state index contributed by atoms with van der Waals surface area (Å²) in [6.07, 6.45) is 0. The molecule has 0 radical (unpaired) electrons. The van der Waals surface area contributed by atoms with Gasteiger partial charge in [-0.25, -0.2) is 22.0 Å². The number of hydrogen-bond acceptors (Lipinski definition) is 0. The van der Waals surface area contributed by atoms with Crippen molar-refractivity contribution < 1.29 is 22.0 Å².